The lowest BCUT2D eigenvalue weighted by Crippen LogP contribution is -2.58. The fourth-order valence-corrected chi connectivity index (χ4v) is 1.93. The van der Waals surface area contributed by atoms with Crippen molar-refractivity contribution in [1.29, 1.82) is 0 Å². The van der Waals surface area contributed by atoms with Crippen molar-refractivity contribution in [2.75, 3.05) is 26.2 Å². The smallest absolute Gasteiger partial charge is 0.334 e. The lowest BCUT2D eigenvalue weighted by Gasteiger charge is -2.42. The molecule has 0 bridgehead atoms. The molecular weight excluding hydrogens is 256 g/mol. The third kappa shape index (κ3) is 4.66. The maximum atomic E-state index is 11.8. The number of aliphatic hydroxyl groups is 2. The van der Waals surface area contributed by atoms with Gasteiger partial charge in [-0.25, -0.2) is 9.59 Å². The molecule has 1 aliphatic rings. The van der Waals surface area contributed by atoms with Crippen LogP contribution in [0, 0.1) is 0 Å². The van der Waals surface area contributed by atoms with Crippen LogP contribution in [0.3, 0.4) is 0 Å². The Kier molecular flexibility index (Phi) is 5.10. The summed E-state index contributed by atoms with van der Waals surface area (Å²) in [7, 11) is 0. The first-order valence-corrected chi connectivity index (χ1v) is 5.97. The topological polar surface area (TPSA) is 119 Å². The molecular formula is C11H20N2O6. The van der Waals surface area contributed by atoms with Crippen molar-refractivity contribution in [3.05, 3.63) is 0 Å². The van der Waals surface area contributed by atoms with Gasteiger partial charge in [-0.3, -0.25) is 0 Å². The standard InChI is InChI=1S/C11H20N2O6/c1-11(2)6-13(4-7(5-14)19-11)10(18)12-3-8(15)9(16)17/h7-8,14-15H,3-6H2,1-2H3,(H,12,18)(H,16,17). The van der Waals surface area contributed by atoms with Crippen LogP contribution in [0.25, 0.3) is 0 Å². The van der Waals surface area contributed by atoms with E-state index >= 15 is 0 Å². The molecule has 2 atom stereocenters. The minimum Gasteiger partial charge on any atom is -0.479 e. The molecule has 1 heterocycles. The van der Waals surface area contributed by atoms with Gasteiger partial charge in [0, 0.05) is 0 Å². The van der Waals surface area contributed by atoms with Crippen molar-refractivity contribution in [3.63, 3.8) is 0 Å². The highest BCUT2D eigenvalue weighted by Gasteiger charge is 2.35. The number of aliphatic hydroxyl groups excluding tert-OH is 2. The predicted octanol–water partition coefficient (Wildman–Crippen LogP) is -1.39. The Morgan fingerprint density at radius 1 is 1.53 bits per heavy atom. The molecule has 2 amide bonds. The maximum absolute atomic E-state index is 11.8. The van der Waals surface area contributed by atoms with Crippen LogP contribution in [0.4, 0.5) is 4.79 Å². The van der Waals surface area contributed by atoms with Crippen molar-refractivity contribution in [2.24, 2.45) is 0 Å². The van der Waals surface area contributed by atoms with Gasteiger partial charge in [0.05, 0.1) is 37.9 Å². The number of carbonyl (C=O) groups is 2. The number of nitrogens with one attached hydrogen (secondary N) is 1. The third-order valence-electron chi connectivity index (χ3n) is 2.70. The number of urea groups is 1. The lowest BCUT2D eigenvalue weighted by atomic mass is 10.1. The Labute approximate surface area is 111 Å². The molecule has 1 fully saturated rings. The monoisotopic (exact) mass is 276 g/mol. The van der Waals surface area contributed by atoms with E-state index in [2.05, 4.69) is 5.32 Å². The van der Waals surface area contributed by atoms with E-state index in [0.717, 1.165) is 0 Å². The Bertz CT molecular complexity index is 346. The predicted molar refractivity (Wildman–Crippen MR) is 64.7 cm³/mol. The molecule has 1 saturated heterocycles. The number of carboxylic acids is 1. The Balaban J connectivity index is 2.53. The molecule has 0 saturated carbocycles. The fourth-order valence-electron chi connectivity index (χ4n) is 1.93. The zero-order chi connectivity index (χ0) is 14.6. The minimum absolute atomic E-state index is 0.203. The molecule has 0 spiro atoms. The van der Waals surface area contributed by atoms with Crippen molar-refractivity contribution in [1.82, 2.24) is 10.2 Å². The van der Waals surface area contributed by atoms with Gasteiger partial charge in [-0.1, -0.05) is 0 Å². The number of ether oxygens (including phenoxy) is 1. The molecule has 0 aromatic rings. The summed E-state index contributed by atoms with van der Waals surface area (Å²) in [4.78, 5) is 23.7. The number of rotatable bonds is 4. The van der Waals surface area contributed by atoms with Gasteiger partial charge in [-0.2, -0.15) is 0 Å². The van der Waals surface area contributed by atoms with E-state index in [4.69, 9.17) is 20.1 Å². The van der Waals surface area contributed by atoms with Crippen molar-refractivity contribution < 1.29 is 29.6 Å². The summed E-state index contributed by atoms with van der Waals surface area (Å²) in [5.41, 5.74) is -0.589. The third-order valence-corrected chi connectivity index (χ3v) is 2.70. The second-order valence-electron chi connectivity index (χ2n) is 5.10. The molecule has 2 unspecified atom stereocenters. The summed E-state index contributed by atoms with van der Waals surface area (Å²) < 4.78 is 5.55. The van der Waals surface area contributed by atoms with Crippen molar-refractivity contribution in [2.45, 2.75) is 31.7 Å². The van der Waals surface area contributed by atoms with Gasteiger partial charge in [0.1, 0.15) is 0 Å². The molecule has 0 aliphatic carbocycles. The van der Waals surface area contributed by atoms with Crippen molar-refractivity contribution in [3.8, 4) is 0 Å². The van der Waals surface area contributed by atoms with E-state index in [9.17, 15) is 9.59 Å². The molecule has 8 nitrogen and oxygen atoms in total. The van der Waals surface area contributed by atoms with Crippen LogP contribution in [-0.2, 0) is 9.53 Å². The average molecular weight is 276 g/mol. The summed E-state index contributed by atoms with van der Waals surface area (Å²) in [5, 5.41) is 29.0. The summed E-state index contributed by atoms with van der Waals surface area (Å²) in [6, 6.07) is -0.491. The number of aliphatic carboxylic acids is 1. The van der Waals surface area contributed by atoms with Crippen LogP contribution in [-0.4, -0.2) is 76.3 Å². The van der Waals surface area contributed by atoms with Gasteiger partial charge in [-0.05, 0) is 13.8 Å². The molecule has 0 aromatic heterocycles. The van der Waals surface area contributed by atoms with Crippen LogP contribution in [0.1, 0.15) is 13.8 Å². The summed E-state index contributed by atoms with van der Waals surface area (Å²) in [6.07, 6.45) is -2.11. The number of morpholine rings is 1. The average Bonchev–Trinajstić information content (AvgIpc) is 2.33. The molecule has 1 aliphatic heterocycles. The zero-order valence-electron chi connectivity index (χ0n) is 11.0. The molecule has 0 radical (unpaired) electrons. The molecule has 110 valence electrons. The second kappa shape index (κ2) is 6.18. The summed E-state index contributed by atoms with van der Waals surface area (Å²) in [6.45, 7) is 3.55. The number of amides is 2. The number of nitrogens with zero attached hydrogens (tertiary/aromatic N) is 1. The first-order valence-electron chi connectivity index (χ1n) is 5.97. The first-order chi connectivity index (χ1) is 8.75. The number of carboxylic acid groups (broad SMARTS) is 1. The van der Waals surface area contributed by atoms with Gasteiger partial charge in [0.25, 0.3) is 0 Å². The van der Waals surface area contributed by atoms with E-state index in [1.54, 1.807) is 13.8 Å². The van der Waals surface area contributed by atoms with Crippen LogP contribution in [0.2, 0.25) is 0 Å². The van der Waals surface area contributed by atoms with Crippen LogP contribution in [0.15, 0.2) is 0 Å². The van der Waals surface area contributed by atoms with Gasteiger partial charge in [-0.15, -0.1) is 0 Å². The number of hydrogen-bond acceptors (Lipinski definition) is 5. The Morgan fingerprint density at radius 2 is 2.16 bits per heavy atom. The summed E-state index contributed by atoms with van der Waals surface area (Å²) >= 11 is 0. The van der Waals surface area contributed by atoms with Gasteiger partial charge in [0.2, 0.25) is 0 Å². The van der Waals surface area contributed by atoms with Gasteiger partial charge >= 0.3 is 12.0 Å². The highest BCUT2D eigenvalue weighted by atomic mass is 16.5. The largest absolute Gasteiger partial charge is 0.479 e. The van der Waals surface area contributed by atoms with Crippen molar-refractivity contribution >= 4 is 12.0 Å². The Morgan fingerprint density at radius 3 is 2.68 bits per heavy atom. The lowest BCUT2D eigenvalue weighted by molar-refractivity contribution is -0.146. The number of carbonyl (C=O) groups excluding carboxylic acids is 1. The molecule has 8 heteroatoms. The van der Waals surface area contributed by atoms with Crippen LogP contribution >= 0.6 is 0 Å². The molecule has 4 N–H and O–H groups in total. The quantitative estimate of drug-likeness (QED) is 0.502. The Hall–Kier alpha value is -1.38. The van der Waals surface area contributed by atoms with Crippen LogP contribution < -0.4 is 5.32 Å². The molecule has 1 rings (SSSR count). The molecule has 0 aromatic carbocycles. The second-order valence-corrected chi connectivity index (χ2v) is 5.10. The van der Waals surface area contributed by atoms with E-state index in [-0.39, 0.29) is 19.7 Å². The van der Waals surface area contributed by atoms with E-state index < -0.39 is 29.8 Å². The number of hydrogen-bond donors (Lipinski definition) is 4. The highest BCUT2D eigenvalue weighted by Crippen LogP contribution is 2.20. The normalized spacial score (nSPS) is 23.8. The maximum Gasteiger partial charge on any atom is 0.334 e. The zero-order valence-corrected chi connectivity index (χ0v) is 11.0. The summed E-state index contributed by atoms with van der Waals surface area (Å²) in [5.74, 6) is -1.39. The SMILES string of the molecule is CC1(C)CN(C(=O)NCC(O)C(=O)O)CC(CO)O1. The van der Waals surface area contributed by atoms with Crippen LogP contribution in [0.5, 0.6) is 0 Å². The van der Waals surface area contributed by atoms with E-state index in [0.29, 0.717) is 6.54 Å². The fraction of sp³-hybridized carbons (Fsp3) is 0.818. The van der Waals surface area contributed by atoms with E-state index in [1.807, 2.05) is 0 Å². The minimum atomic E-state index is -1.63. The first kappa shape index (κ1) is 15.7. The van der Waals surface area contributed by atoms with Gasteiger partial charge in [0.15, 0.2) is 6.10 Å². The van der Waals surface area contributed by atoms with E-state index in [1.165, 1.54) is 4.90 Å². The molecule has 19 heavy (non-hydrogen) atoms. The highest BCUT2D eigenvalue weighted by molar-refractivity contribution is 5.77. The van der Waals surface area contributed by atoms with Gasteiger partial charge < -0.3 is 30.3 Å².